The average molecular weight is 270 g/mol. The van der Waals surface area contributed by atoms with Crippen LogP contribution in [-0.2, 0) is 9.53 Å². The van der Waals surface area contributed by atoms with Crippen LogP contribution in [-0.4, -0.2) is 54.7 Å². The maximum atomic E-state index is 12.5. The largest absolute Gasteiger partial charge is 0.383 e. The van der Waals surface area contributed by atoms with E-state index in [1.165, 1.54) is 0 Å². The van der Waals surface area contributed by atoms with Crippen molar-refractivity contribution in [3.05, 3.63) is 12.2 Å². The SMILES string of the molecule is COCCN(C(=O)C1C=CC(N)C1)C1CCSC1. The summed E-state index contributed by atoms with van der Waals surface area (Å²) in [6, 6.07) is 0.420. The number of ether oxygens (including phenoxy) is 1. The number of carbonyl (C=O) groups is 1. The molecule has 1 saturated heterocycles. The van der Waals surface area contributed by atoms with E-state index >= 15 is 0 Å². The number of hydrogen-bond acceptors (Lipinski definition) is 4. The highest BCUT2D eigenvalue weighted by Crippen LogP contribution is 2.26. The lowest BCUT2D eigenvalue weighted by molar-refractivity contribution is -0.136. The van der Waals surface area contributed by atoms with E-state index in [-0.39, 0.29) is 17.9 Å². The number of methoxy groups -OCH3 is 1. The van der Waals surface area contributed by atoms with Crippen LogP contribution >= 0.6 is 11.8 Å². The Kier molecular flexibility index (Phi) is 5.09. The van der Waals surface area contributed by atoms with Gasteiger partial charge in [0.15, 0.2) is 0 Å². The van der Waals surface area contributed by atoms with Gasteiger partial charge in [-0.2, -0.15) is 11.8 Å². The quantitative estimate of drug-likeness (QED) is 0.753. The number of amides is 1. The standard InChI is InChI=1S/C13H22N2O2S/c1-17-6-5-15(12-4-7-18-9-12)13(16)10-2-3-11(14)8-10/h2-3,10-12H,4-9,14H2,1H3. The molecule has 0 saturated carbocycles. The van der Waals surface area contributed by atoms with Gasteiger partial charge in [-0.1, -0.05) is 12.2 Å². The second kappa shape index (κ2) is 6.59. The third kappa shape index (κ3) is 3.28. The molecule has 0 aromatic heterocycles. The molecule has 2 rings (SSSR count). The van der Waals surface area contributed by atoms with Crippen molar-refractivity contribution in [2.24, 2.45) is 11.7 Å². The number of thioether (sulfide) groups is 1. The predicted octanol–water partition coefficient (Wildman–Crippen LogP) is 0.870. The number of nitrogens with two attached hydrogens (primary N) is 1. The number of hydrogen-bond donors (Lipinski definition) is 1. The highest BCUT2D eigenvalue weighted by atomic mass is 32.2. The molecule has 0 radical (unpaired) electrons. The van der Waals surface area contributed by atoms with E-state index in [2.05, 4.69) is 0 Å². The Morgan fingerprint density at radius 3 is 2.94 bits per heavy atom. The van der Waals surface area contributed by atoms with Gasteiger partial charge in [0.2, 0.25) is 5.91 Å². The lowest BCUT2D eigenvalue weighted by Gasteiger charge is -2.30. The highest BCUT2D eigenvalue weighted by Gasteiger charge is 2.32. The van der Waals surface area contributed by atoms with Gasteiger partial charge in [0.1, 0.15) is 0 Å². The molecule has 1 heterocycles. The van der Waals surface area contributed by atoms with Crippen LogP contribution < -0.4 is 5.73 Å². The molecular weight excluding hydrogens is 248 g/mol. The van der Waals surface area contributed by atoms with E-state index in [0.29, 0.717) is 19.2 Å². The Balaban J connectivity index is 1.98. The first kappa shape index (κ1) is 13.9. The Hall–Kier alpha value is -0.520. The number of nitrogens with zero attached hydrogens (tertiary/aromatic N) is 1. The number of rotatable bonds is 5. The van der Waals surface area contributed by atoms with Crippen molar-refractivity contribution in [3.8, 4) is 0 Å². The first-order valence-corrected chi connectivity index (χ1v) is 7.69. The van der Waals surface area contributed by atoms with E-state index in [1.54, 1.807) is 7.11 Å². The van der Waals surface area contributed by atoms with Gasteiger partial charge in [-0.3, -0.25) is 4.79 Å². The molecule has 1 aliphatic heterocycles. The molecular formula is C13H22N2O2S. The summed E-state index contributed by atoms with van der Waals surface area (Å²) in [6.45, 7) is 1.30. The Morgan fingerprint density at radius 1 is 1.56 bits per heavy atom. The van der Waals surface area contributed by atoms with Crippen molar-refractivity contribution < 1.29 is 9.53 Å². The lowest BCUT2D eigenvalue weighted by atomic mass is 10.0. The molecule has 4 nitrogen and oxygen atoms in total. The van der Waals surface area contributed by atoms with Crippen LogP contribution in [0.3, 0.4) is 0 Å². The van der Waals surface area contributed by atoms with Crippen LogP contribution in [0.1, 0.15) is 12.8 Å². The summed E-state index contributed by atoms with van der Waals surface area (Å²) in [4.78, 5) is 14.5. The van der Waals surface area contributed by atoms with Crippen LogP contribution in [0.25, 0.3) is 0 Å². The summed E-state index contributed by atoms with van der Waals surface area (Å²) >= 11 is 1.93. The molecule has 0 spiro atoms. The van der Waals surface area contributed by atoms with Gasteiger partial charge in [-0.15, -0.1) is 0 Å². The summed E-state index contributed by atoms with van der Waals surface area (Å²) in [7, 11) is 1.68. The third-order valence-electron chi connectivity index (χ3n) is 3.60. The molecule has 5 heteroatoms. The summed E-state index contributed by atoms with van der Waals surface area (Å²) in [5.41, 5.74) is 5.83. The smallest absolute Gasteiger partial charge is 0.229 e. The molecule has 2 aliphatic rings. The molecule has 18 heavy (non-hydrogen) atoms. The van der Waals surface area contributed by atoms with Gasteiger partial charge in [0, 0.05) is 31.5 Å². The van der Waals surface area contributed by atoms with Crippen molar-refractivity contribution >= 4 is 17.7 Å². The minimum atomic E-state index is -0.0255. The van der Waals surface area contributed by atoms with E-state index in [9.17, 15) is 4.79 Å². The van der Waals surface area contributed by atoms with Crippen molar-refractivity contribution in [1.82, 2.24) is 4.90 Å². The second-order valence-electron chi connectivity index (χ2n) is 4.93. The van der Waals surface area contributed by atoms with E-state index in [4.69, 9.17) is 10.5 Å². The zero-order valence-corrected chi connectivity index (χ0v) is 11.7. The maximum absolute atomic E-state index is 12.5. The Labute approximate surface area is 113 Å². The van der Waals surface area contributed by atoms with Crippen LogP contribution in [0.2, 0.25) is 0 Å². The minimum absolute atomic E-state index is 0.0255. The van der Waals surface area contributed by atoms with E-state index in [1.807, 2.05) is 28.8 Å². The van der Waals surface area contributed by atoms with Crippen LogP contribution in [0.15, 0.2) is 12.2 Å². The summed E-state index contributed by atoms with van der Waals surface area (Å²) < 4.78 is 5.12. The highest BCUT2D eigenvalue weighted by molar-refractivity contribution is 7.99. The summed E-state index contributed by atoms with van der Waals surface area (Å²) in [5, 5.41) is 0. The van der Waals surface area contributed by atoms with Crippen molar-refractivity contribution in [2.75, 3.05) is 31.8 Å². The van der Waals surface area contributed by atoms with Gasteiger partial charge in [0.25, 0.3) is 0 Å². The molecule has 3 unspecified atom stereocenters. The monoisotopic (exact) mass is 270 g/mol. The van der Waals surface area contributed by atoms with Gasteiger partial charge < -0.3 is 15.4 Å². The zero-order chi connectivity index (χ0) is 13.0. The van der Waals surface area contributed by atoms with Crippen molar-refractivity contribution in [3.63, 3.8) is 0 Å². The molecule has 102 valence electrons. The summed E-state index contributed by atoms with van der Waals surface area (Å²) in [5.74, 6) is 2.41. The van der Waals surface area contributed by atoms with Crippen LogP contribution in [0, 0.1) is 5.92 Å². The fraction of sp³-hybridized carbons (Fsp3) is 0.769. The van der Waals surface area contributed by atoms with Crippen LogP contribution in [0.5, 0.6) is 0 Å². The first-order chi connectivity index (χ1) is 8.72. The lowest BCUT2D eigenvalue weighted by Crippen LogP contribution is -2.45. The van der Waals surface area contributed by atoms with E-state index < -0.39 is 0 Å². The third-order valence-corrected chi connectivity index (χ3v) is 4.74. The fourth-order valence-corrected chi connectivity index (χ4v) is 3.78. The van der Waals surface area contributed by atoms with Crippen molar-refractivity contribution in [2.45, 2.75) is 24.9 Å². The van der Waals surface area contributed by atoms with Crippen molar-refractivity contribution in [1.29, 1.82) is 0 Å². The molecule has 0 aromatic rings. The van der Waals surface area contributed by atoms with Gasteiger partial charge in [-0.05, 0) is 18.6 Å². The molecule has 3 atom stereocenters. The Morgan fingerprint density at radius 2 is 2.39 bits per heavy atom. The minimum Gasteiger partial charge on any atom is -0.383 e. The van der Waals surface area contributed by atoms with E-state index in [0.717, 1.165) is 24.3 Å². The zero-order valence-electron chi connectivity index (χ0n) is 10.9. The van der Waals surface area contributed by atoms with Gasteiger partial charge in [0.05, 0.1) is 12.5 Å². The Bertz CT molecular complexity index is 316. The molecule has 2 N–H and O–H groups in total. The topological polar surface area (TPSA) is 55.6 Å². The molecule has 0 aromatic carbocycles. The van der Waals surface area contributed by atoms with Gasteiger partial charge in [-0.25, -0.2) is 0 Å². The second-order valence-corrected chi connectivity index (χ2v) is 6.08. The summed E-state index contributed by atoms with van der Waals surface area (Å²) in [6.07, 6.45) is 5.76. The maximum Gasteiger partial charge on any atom is 0.229 e. The molecule has 1 aliphatic carbocycles. The number of carbonyl (C=O) groups excluding carboxylic acids is 1. The molecule has 1 amide bonds. The average Bonchev–Trinajstić information content (AvgIpc) is 3.00. The van der Waals surface area contributed by atoms with Crippen LogP contribution in [0.4, 0.5) is 0 Å². The first-order valence-electron chi connectivity index (χ1n) is 6.53. The van der Waals surface area contributed by atoms with Gasteiger partial charge >= 0.3 is 0 Å². The normalized spacial score (nSPS) is 30.9. The predicted molar refractivity (Wildman–Crippen MR) is 74.5 cm³/mol. The fourth-order valence-electron chi connectivity index (χ4n) is 2.55. The molecule has 1 fully saturated rings. The molecule has 0 bridgehead atoms.